The predicted octanol–water partition coefficient (Wildman–Crippen LogP) is -1.78. The summed E-state index contributed by atoms with van der Waals surface area (Å²) in [6, 6.07) is 7.08. The van der Waals surface area contributed by atoms with Crippen molar-refractivity contribution < 1.29 is 69.3 Å². The van der Waals surface area contributed by atoms with E-state index in [1.807, 2.05) is 0 Å². The summed E-state index contributed by atoms with van der Waals surface area (Å²) in [6.45, 7) is -0.866. The number of rotatable bonds is 6. The maximum absolute atomic E-state index is 12.3. The van der Waals surface area contributed by atoms with E-state index >= 15 is 0 Å². The van der Waals surface area contributed by atoms with Crippen molar-refractivity contribution in [1.29, 1.82) is 0 Å². The second-order valence-corrected chi connectivity index (χ2v) is 9.72. The van der Waals surface area contributed by atoms with Gasteiger partial charge in [-0.3, -0.25) is 0 Å². The number of aliphatic hydroxyl groups is 6. The Bertz CT molecular complexity index is 1460. The van der Waals surface area contributed by atoms with Crippen LogP contribution < -0.4 is 10.4 Å². The molecule has 5 rings (SSSR count). The van der Waals surface area contributed by atoms with E-state index in [0.717, 1.165) is 18.2 Å². The third kappa shape index (κ3) is 5.67. The first-order valence-corrected chi connectivity index (χ1v) is 12.4. The molecule has 0 amide bonds. The van der Waals surface area contributed by atoms with Crippen molar-refractivity contribution in [2.75, 3.05) is 13.2 Å². The van der Waals surface area contributed by atoms with Crippen LogP contribution in [0, 0.1) is 0 Å². The van der Waals surface area contributed by atoms with E-state index in [1.54, 1.807) is 0 Å². The number of aromatic hydroxyl groups is 3. The van der Waals surface area contributed by atoms with Crippen molar-refractivity contribution in [2.24, 2.45) is 0 Å². The molecule has 0 aliphatic carbocycles. The zero-order chi connectivity index (χ0) is 29.6. The number of benzene rings is 2. The van der Waals surface area contributed by atoms with E-state index in [9.17, 15) is 50.8 Å². The van der Waals surface area contributed by atoms with E-state index in [4.69, 9.17) is 23.4 Å². The first-order chi connectivity index (χ1) is 19.4. The molecule has 15 nitrogen and oxygen atoms in total. The predicted molar refractivity (Wildman–Crippen MR) is 134 cm³/mol. The molecule has 2 aromatic carbocycles. The third-order valence-corrected chi connectivity index (χ3v) is 6.87. The lowest BCUT2D eigenvalue weighted by molar-refractivity contribution is -0.307. The molecule has 3 heterocycles. The fourth-order valence-corrected chi connectivity index (χ4v) is 4.65. The van der Waals surface area contributed by atoms with Crippen molar-refractivity contribution in [2.45, 2.75) is 55.3 Å². The summed E-state index contributed by atoms with van der Waals surface area (Å²) in [5.41, 5.74) is -0.563. The summed E-state index contributed by atoms with van der Waals surface area (Å²) < 4.78 is 27.2. The molecular formula is C26H28O15. The molecule has 15 heteroatoms. The van der Waals surface area contributed by atoms with Gasteiger partial charge in [-0.15, -0.1) is 0 Å². The number of phenolic OH excluding ortho intramolecular Hbond substituents is 3. The molecule has 2 saturated heterocycles. The molecule has 3 aromatic rings. The SMILES string of the molecule is O=c1cc(-c2ccc(O)c(O)c2)c2c(OC3OC(COC4OCC(O)C(O)C4O)C(O)C(O)C3O)cc(O)cc2o1. The summed E-state index contributed by atoms with van der Waals surface area (Å²) in [7, 11) is 0. The fraction of sp³-hybridized carbons (Fsp3) is 0.423. The average molecular weight is 580 g/mol. The molecule has 2 aliphatic heterocycles. The van der Waals surface area contributed by atoms with Crippen molar-refractivity contribution in [3.05, 3.63) is 46.8 Å². The minimum atomic E-state index is -1.83. The van der Waals surface area contributed by atoms with Gasteiger partial charge in [-0.05, 0) is 17.7 Å². The van der Waals surface area contributed by atoms with Gasteiger partial charge in [0.15, 0.2) is 17.8 Å². The average Bonchev–Trinajstić information content (AvgIpc) is 2.93. The smallest absolute Gasteiger partial charge is 0.336 e. The molecule has 41 heavy (non-hydrogen) atoms. The number of aliphatic hydroxyl groups excluding tert-OH is 6. The second kappa shape index (κ2) is 11.4. The second-order valence-electron chi connectivity index (χ2n) is 9.72. The van der Waals surface area contributed by atoms with Crippen LogP contribution in [0.5, 0.6) is 23.0 Å². The van der Waals surface area contributed by atoms with E-state index < -0.39 is 84.8 Å². The topological polar surface area (TPSA) is 249 Å². The standard InChI is InChI=1S/C26H28O15/c27-10-4-15-19(11(6-18(31)39-15)9-1-2-12(28)13(29)3-9)16(5-10)40-26-24(36)22(34)21(33)17(41-26)8-38-25-23(35)20(32)14(30)7-37-25/h1-6,14,17,20-30,32-36H,7-8H2. The number of hydrogen-bond acceptors (Lipinski definition) is 15. The fourth-order valence-electron chi connectivity index (χ4n) is 4.65. The van der Waals surface area contributed by atoms with Crippen molar-refractivity contribution in [1.82, 2.24) is 0 Å². The van der Waals surface area contributed by atoms with Gasteiger partial charge in [-0.25, -0.2) is 4.79 Å². The highest BCUT2D eigenvalue weighted by Crippen LogP contribution is 2.40. The van der Waals surface area contributed by atoms with Gasteiger partial charge < -0.3 is 69.3 Å². The Hall–Kier alpha value is -3.51. The van der Waals surface area contributed by atoms with E-state index in [1.165, 1.54) is 18.2 Å². The van der Waals surface area contributed by atoms with Crippen molar-refractivity contribution in [3.63, 3.8) is 0 Å². The third-order valence-electron chi connectivity index (χ3n) is 6.87. The molecule has 2 aliphatic rings. The van der Waals surface area contributed by atoms with Crippen molar-refractivity contribution in [3.8, 4) is 34.1 Å². The Morgan fingerprint density at radius 2 is 1.54 bits per heavy atom. The number of hydrogen-bond donors (Lipinski definition) is 9. The minimum Gasteiger partial charge on any atom is -0.508 e. The largest absolute Gasteiger partial charge is 0.508 e. The lowest BCUT2D eigenvalue weighted by Gasteiger charge is -2.41. The van der Waals surface area contributed by atoms with Crippen LogP contribution >= 0.6 is 0 Å². The van der Waals surface area contributed by atoms with Crippen LogP contribution in [0.15, 0.2) is 45.6 Å². The van der Waals surface area contributed by atoms with Gasteiger partial charge in [-0.1, -0.05) is 6.07 Å². The molecule has 0 radical (unpaired) electrons. The molecule has 9 N–H and O–H groups in total. The highest BCUT2D eigenvalue weighted by molar-refractivity contribution is 5.98. The van der Waals surface area contributed by atoms with Gasteiger partial charge in [0.05, 0.1) is 18.6 Å². The van der Waals surface area contributed by atoms with Gasteiger partial charge in [0.1, 0.15) is 59.8 Å². The molecule has 0 saturated carbocycles. The van der Waals surface area contributed by atoms with Gasteiger partial charge in [0.2, 0.25) is 6.29 Å². The van der Waals surface area contributed by atoms with Crippen LogP contribution in [0.25, 0.3) is 22.1 Å². The van der Waals surface area contributed by atoms with Crippen LogP contribution in [-0.4, -0.2) is 114 Å². The molecule has 9 atom stereocenters. The molecule has 222 valence electrons. The maximum atomic E-state index is 12.3. The van der Waals surface area contributed by atoms with E-state index in [0.29, 0.717) is 0 Å². The minimum absolute atomic E-state index is 0.0861. The molecule has 9 unspecified atom stereocenters. The summed E-state index contributed by atoms with van der Waals surface area (Å²) in [5, 5.41) is 91.2. The Morgan fingerprint density at radius 3 is 2.27 bits per heavy atom. The van der Waals surface area contributed by atoms with Crippen LogP contribution in [0.2, 0.25) is 0 Å². The molecule has 0 bridgehead atoms. The summed E-state index contributed by atoms with van der Waals surface area (Å²) in [5.74, 6) is -1.49. The van der Waals surface area contributed by atoms with Crippen molar-refractivity contribution >= 4 is 11.0 Å². The van der Waals surface area contributed by atoms with Gasteiger partial charge >= 0.3 is 5.63 Å². The molecule has 1 aromatic heterocycles. The zero-order valence-corrected chi connectivity index (χ0v) is 21.0. The van der Waals surface area contributed by atoms with Crippen LogP contribution in [0.4, 0.5) is 0 Å². The van der Waals surface area contributed by atoms with Crippen LogP contribution in [-0.2, 0) is 14.2 Å². The highest BCUT2D eigenvalue weighted by atomic mass is 16.7. The first-order valence-electron chi connectivity index (χ1n) is 12.4. The normalized spacial score (nSPS) is 32.2. The lowest BCUT2D eigenvalue weighted by Crippen LogP contribution is -2.61. The summed E-state index contributed by atoms with van der Waals surface area (Å²) in [4.78, 5) is 12.3. The van der Waals surface area contributed by atoms with Crippen LogP contribution in [0.1, 0.15) is 0 Å². The van der Waals surface area contributed by atoms with E-state index in [2.05, 4.69) is 0 Å². The summed E-state index contributed by atoms with van der Waals surface area (Å²) in [6.07, 6.45) is -14.3. The molecular weight excluding hydrogens is 552 g/mol. The van der Waals surface area contributed by atoms with Gasteiger partial charge in [0.25, 0.3) is 0 Å². The van der Waals surface area contributed by atoms with Gasteiger partial charge in [-0.2, -0.15) is 0 Å². The number of phenols is 3. The molecule has 0 spiro atoms. The Morgan fingerprint density at radius 1 is 0.805 bits per heavy atom. The van der Waals surface area contributed by atoms with Crippen LogP contribution in [0.3, 0.4) is 0 Å². The monoisotopic (exact) mass is 580 g/mol. The maximum Gasteiger partial charge on any atom is 0.336 e. The first kappa shape index (κ1) is 29.0. The highest BCUT2D eigenvalue weighted by Gasteiger charge is 2.46. The quantitative estimate of drug-likeness (QED) is 0.115. The Balaban J connectivity index is 1.45. The number of fused-ring (bicyclic) bond motifs is 1. The Kier molecular flexibility index (Phi) is 8.06. The van der Waals surface area contributed by atoms with Gasteiger partial charge in [0, 0.05) is 23.8 Å². The summed E-state index contributed by atoms with van der Waals surface area (Å²) >= 11 is 0. The Labute approximate surface area is 230 Å². The number of ether oxygens (including phenoxy) is 4. The lowest BCUT2D eigenvalue weighted by atomic mass is 9.98. The van der Waals surface area contributed by atoms with E-state index in [-0.39, 0.29) is 34.5 Å². The zero-order valence-electron chi connectivity index (χ0n) is 21.0. The molecule has 2 fully saturated rings.